The number of ether oxygens (including phenoxy) is 1. The zero-order valence-electron chi connectivity index (χ0n) is 8.71. The molecule has 0 unspecified atom stereocenters. The Hall–Kier alpha value is -1.22. The number of benzene rings is 1. The van der Waals surface area contributed by atoms with Crippen LogP contribution in [0, 0.1) is 6.92 Å². The Labute approximate surface area is 93.6 Å². The van der Waals surface area contributed by atoms with Crippen LogP contribution in [0.5, 0.6) is 5.75 Å². The largest absolute Gasteiger partial charge is 0.494 e. The van der Waals surface area contributed by atoms with Gasteiger partial charge in [0, 0.05) is 0 Å². The molecule has 0 atom stereocenters. The number of rotatable bonds is 4. The standard InChI is InChI=1S/C11H13ClO3/c1-3-4-15-8-5-7(2)10(11(13)14)9(12)6-8/h5-6H,3-4H2,1-2H3,(H,13,14). The molecule has 0 saturated carbocycles. The van der Waals surface area contributed by atoms with Gasteiger partial charge in [0.2, 0.25) is 0 Å². The van der Waals surface area contributed by atoms with E-state index in [0.717, 1.165) is 6.42 Å². The average Bonchev–Trinajstić information content (AvgIpc) is 2.12. The predicted octanol–water partition coefficient (Wildman–Crippen LogP) is 3.14. The zero-order chi connectivity index (χ0) is 11.4. The lowest BCUT2D eigenvalue weighted by Crippen LogP contribution is -2.02. The smallest absolute Gasteiger partial charge is 0.337 e. The van der Waals surface area contributed by atoms with Crippen molar-refractivity contribution in [2.75, 3.05) is 6.61 Å². The quantitative estimate of drug-likeness (QED) is 0.861. The van der Waals surface area contributed by atoms with E-state index in [1.807, 2.05) is 6.92 Å². The highest BCUT2D eigenvalue weighted by Gasteiger charge is 2.13. The van der Waals surface area contributed by atoms with Crippen molar-refractivity contribution in [3.8, 4) is 5.75 Å². The molecule has 1 aromatic rings. The summed E-state index contributed by atoms with van der Waals surface area (Å²) < 4.78 is 5.37. The molecule has 0 radical (unpaired) electrons. The Balaban J connectivity index is 3.03. The van der Waals surface area contributed by atoms with Crippen LogP contribution in [0.25, 0.3) is 0 Å². The normalized spacial score (nSPS) is 10.1. The summed E-state index contributed by atoms with van der Waals surface area (Å²) in [4.78, 5) is 10.8. The highest BCUT2D eigenvalue weighted by Crippen LogP contribution is 2.26. The van der Waals surface area contributed by atoms with Crippen LogP contribution in [-0.2, 0) is 0 Å². The molecule has 1 aromatic carbocycles. The number of carbonyl (C=O) groups is 1. The van der Waals surface area contributed by atoms with Crippen molar-refractivity contribution < 1.29 is 14.6 Å². The van der Waals surface area contributed by atoms with Crippen LogP contribution in [0.3, 0.4) is 0 Å². The van der Waals surface area contributed by atoms with Crippen molar-refractivity contribution in [3.05, 3.63) is 28.3 Å². The maximum absolute atomic E-state index is 10.8. The van der Waals surface area contributed by atoms with E-state index >= 15 is 0 Å². The first-order chi connectivity index (χ1) is 7.06. The van der Waals surface area contributed by atoms with E-state index in [9.17, 15) is 4.79 Å². The van der Waals surface area contributed by atoms with Crippen LogP contribution in [-0.4, -0.2) is 17.7 Å². The molecule has 0 bridgehead atoms. The summed E-state index contributed by atoms with van der Waals surface area (Å²) in [7, 11) is 0. The molecule has 0 aromatic heterocycles. The van der Waals surface area contributed by atoms with Gasteiger partial charge in [0.05, 0.1) is 17.2 Å². The highest BCUT2D eigenvalue weighted by molar-refractivity contribution is 6.33. The van der Waals surface area contributed by atoms with Crippen LogP contribution in [0.4, 0.5) is 0 Å². The Kier molecular flexibility index (Phi) is 3.97. The van der Waals surface area contributed by atoms with Gasteiger partial charge in [0.1, 0.15) is 5.75 Å². The summed E-state index contributed by atoms with van der Waals surface area (Å²) in [5.74, 6) is -0.399. The number of aryl methyl sites for hydroxylation is 1. The lowest BCUT2D eigenvalue weighted by molar-refractivity contribution is 0.0696. The van der Waals surface area contributed by atoms with Gasteiger partial charge in [-0.3, -0.25) is 0 Å². The average molecular weight is 229 g/mol. The van der Waals surface area contributed by atoms with E-state index in [-0.39, 0.29) is 10.6 Å². The molecule has 1 rings (SSSR count). The third-order valence-corrected chi connectivity index (χ3v) is 2.25. The lowest BCUT2D eigenvalue weighted by Gasteiger charge is -2.09. The summed E-state index contributed by atoms with van der Waals surface area (Å²) in [5.41, 5.74) is 0.751. The third-order valence-electron chi connectivity index (χ3n) is 1.95. The third kappa shape index (κ3) is 2.86. The molecule has 0 saturated heterocycles. The summed E-state index contributed by atoms with van der Waals surface area (Å²) in [6.45, 7) is 4.30. The van der Waals surface area contributed by atoms with Gasteiger partial charge in [0.25, 0.3) is 0 Å². The maximum Gasteiger partial charge on any atom is 0.337 e. The number of carboxylic acids is 1. The summed E-state index contributed by atoms with van der Waals surface area (Å²) in [5, 5.41) is 9.10. The topological polar surface area (TPSA) is 46.5 Å². The Morgan fingerprint density at radius 2 is 2.20 bits per heavy atom. The number of carboxylic acid groups (broad SMARTS) is 1. The number of halogens is 1. The van der Waals surface area contributed by atoms with E-state index in [1.54, 1.807) is 13.0 Å². The van der Waals surface area contributed by atoms with Gasteiger partial charge < -0.3 is 9.84 Å². The molecule has 0 aliphatic rings. The second-order valence-corrected chi connectivity index (χ2v) is 3.66. The molecular weight excluding hydrogens is 216 g/mol. The van der Waals surface area contributed by atoms with E-state index in [1.165, 1.54) is 6.07 Å². The van der Waals surface area contributed by atoms with Crippen LogP contribution >= 0.6 is 11.6 Å². The molecule has 4 heteroatoms. The lowest BCUT2D eigenvalue weighted by atomic mass is 10.1. The van der Waals surface area contributed by atoms with Crippen molar-refractivity contribution in [1.82, 2.24) is 0 Å². The summed E-state index contributed by atoms with van der Waals surface area (Å²) in [6, 6.07) is 3.22. The zero-order valence-corrected chi connectivity index (χ0v) is 9.47. The molecule has 82 valence electrons. The van der Waals surface area contributed by atoms with Crippen molar-refractivity contribution in [3.63, 3.8) is 0 Å². The van der Waals surface area contributed by atoms with Crippen LogP contribution in [0.1, 0.15) is 29.3 Å². The second-order valence-electron chi connectivity index (χ2n) is 3.25. The molecule has 3 nitrogen and oxygen atoms in total. The Bertz CT molecular complexity index is 351. The van der Waals surface area contributed by atoms with Gasteiger partial charge in [0.15, 0.2) is 0 Å². The van der Waals surface area contributed by atoms with Crippen molar-refractivity contribution >= 4 is 17.6 Å². The summed E-state index contributed by atoms with van der Waals surface area (Å²) in [6.07, 6.45) is 0.900. The van der Waals surface area contributed by atoms with E-state index in [4.69, 9.17) is 21.4 Å². The fourth-order valence-corrected chi connectivity index (χ4v) is 1.62. The van der Waals surface area contributed by atoms with Crippen molar-refractivity contribution in [1.29, 1.82) is 0 Å². The number of hydrogen-bond donors (Lipinski definition) is 1. The number of aromatic carboxylic acids is 1. The Morgan fingerprint density at radius 3 is 2.67 bits per heavy atom. The number of hydrogen-bond acceptors (Lipinski definition) is 2. The molecule has 0 fully saturated rings. The Morgan fingerprint density at radius 1 is 1.53 bits per heavy atom. The van der Waals surface area contributed by atoms with Gasteiger partial charge in [-0.05, 0) is 31.0 Å². The fraction of sp³-hybridized carbons (Fsp3) is 0.364. The molecule has 15 heavy (non-hydrogen) atoms. The minimum absolute atomic E-state index is 0.139. The molecule has 0 aliphatic carbocycles. The van der Waals surface area contributed by atoms with Crippen LogP contribution < -0.4 is 4.74 Å². The minimum atomic E-state index is -1.01. The SMILES string of the molecule is CCCOc1cc(C)c(C(=O)O)c(Cl)c1. The van der Waals surface area contributed by atoms with Crippen LogP contribution in [0.2, 0.25) is 5.02 Å². The second kappa shape index (κ2) is 5.03. The monoisotopic (exact) mass is 228 g/mol. The first kappa shape index (κ1) is 11.9. The van der Waals surface area contributed by atoms with Crippen molar-refractivity contribution in [2.24, 2.45) is 0 Å². The van der Waals surface area contributed by atoms with Gasteiger partial charge >= 0.3 is 5.97 Å². The van der Waals surface area contributed by atoms with Crippen molar-refractivity contribution in [2.45, 2.75) is 20.3 Å². The van der Waals surface area contributed by atoms with Gasteiger partial charge in [-0.15, -0.1) is 0 Å². The first-order valence-corrected chi connectivity index (χ1v) is 5.10. The molecule has 0 spiro atoms. The molecule has 0 amide bonds. The van der Waals surface area contributed by atoms with Crippen LogP contribution in [0.15, 0.2) is 12.1 Å². The molecular formula is C11H13ClO3. The predicted molar refractivity (Wildman–Crippen MR) is 58.9 cm³/mol. The van der Waals surface area contributed by atoms with Gasteiger partial charge in [-0.2, -0.15) is 0 Å². The van der Waals surface area contributed by atoms with Gasteiger partial charge in [-0.1, -0.05) is 18.5 Å². The molecule has 1 N–H and O–H groups in total. The highest BCUT2D eigenvalue weighted by atomic mass is 35.5. The fourth-order valence-electron chi connectivity index (χ4n) is 1.29. The molecule has 0 aliphatic heterocycles. The van der Waals surface area contributed by atoms with Gasteiger partial charge in [-0.25, -0.2) is 4.79 Å². The van der Waals surface area contributed by atoms with E-state index in [2.05, 4.69) is 0 Å². The first-order valence-electron chi connectivity index (χ1n) is 4.72. The minimum Gasteiger partial charge on any atom is -0.494 e. The molecule has 0 heterocycles. The summed E-state index contributed by atoms with van der Waals surface area (Å²) >= 11 is 5.85. The maximum atomic E-state index is 10.8. The van der Waals surface area contributed by atoms with E-state index < -0.39 is 5.97 Å². The van der Waals surface area contributed by atoms with E-state index in [0.29, 0.717) is 17.9 Å².